The summed E-state index contributed by atoms with van der Waals surface area (Å²) in [6, 6.07) is 0. The molecule has 0 radical (unpaired) electrons. The average molecular weight is 212 g/mol. The number of carboxylic acid groups (broad SMARTS) is 1. The van der Waals surface area contributed by atoms with E-state index in [4.69, 9.17) is 10.2 Å². The van der Waals surface area contributed by atoms with E-state index in [0.29, 0.717) is 0 Å². The van der Waals surface area contributed by atoms with Gasteiger partial charge < -0.3 is 10.2 Å². The SMILES string of the molecule is C/C(=C\CO)CCC/C(C)=C/CC(=O)O. The van der Waals surface area contributed by atoms with Crippen molar-refractivity contribution in [2.45, 2.75) is 39.5 Å². The Morgan fingerprint density at radius 1 is 1.13 bits per heavy atom. The lowest BCUT2D eigenvalue weighted by Crippen LogP contribution is -1.91. The summed E-state index contributed by atoms with van der Waals surface area (Å²) in [6.07, 6.45) is 6.55. The molecule has 86 valence electrons. The monoisotopic (exact) mass is 212 g/mol. The van der Waals surface area contributed by atoms with Crippen LogP contribution in [0.25, 0.3) is 0 Å². The van der Waals surface area contributed by atoms with Crippen LogP contribution in [0.15, 0.2) is 23.3 Å². The van der Waals surface area contributed by atoms with Crippen molar-refractivity contribution in [1.29, 1.82) is 0 Å². The first kappa shape index (κ1) is 13.9. The van der Waals surface area contributed by atoms with Crippen molar-refractivity contribution in [3.05, 3.63) is 23.3 Å². The fourth-order valence-electron chi connectivity index (χ4n) is 1.27. The van der Waals surface area contributed by atoms with Crippen LogP contribution in [0.5, 0.6) is 0 Å². The van der Waals surface area contributed by atoms with Crippen molar-refractivity contribution >= 4 is 5.97 Å². The van der Waals surface area contributed by atoms with Gasteiger partial charge >= 0.3 is 5.97 Å². The molecule has 0 saturated carbocycles. The standard InChI is InChI=1S/C12H20O3/c1-10(6-7-12(14)15)4-3-5-11(2)8-9-13/h6,8,13H,3-5,7,9H2,1-2H3,(H,14,15)/b10-6+,11-8+. The third-order valence-electron chi connectivity index (χ3n) is 2.21. The molecule has 0 aromatic heterocycles. The van der Waals surface area contributed by atoms with Crippen molar-refractivity contribution in [2.75, 3.05) is 6.61 Å². The zero-order chi connectivity index (χ0) is 11.7. The van der Waals surface area contributed by atoms with Crippen molar-refractivity contribution in [3.63, 3.8) is 0 Å². The van der Waals surface area contributed by atoms with Crippen LogP contribution < -0.4 is 0 Å². The summed E-state index contributed by atoms with van der Waals surface area (Å²) in [6.45, 7) is 4.04. The molecule has 0 heterocycles. The summed E-state index contributed by atoms with van der Waals surface area (Å²) in [5, 5.41) is 17.1. The molecule has 2 N–H and O–H groups in total. The first-order valence-corrected chi connectivity index (χ1v) is 5.20. The smallest absolute Gasteiger partial charge is 0.307 e. The molecule has 3 nitrogen and oxygen atoms in total. The van der Waals surface area contributed by atoms with Crippen molar-refractivity contribution in [3.8, 4) is 0 Å². The van der Waals surface area contributed by atoms with E-state index in [-0.39, 0.29) is 13.0 Å². The highest BCUT2D eigenvalue weighted by molar-refractivity contribution is 5.68. The maximum absolute atomic E-state index is 10.3. The molecule has 0 aliphatic carbocycles. The van der Waals surface area contributed by atoms with Gasteiger partial charge in [-0.15, -0.1) is 0 Å². The third-order valence-corrected chi connectivity index (χ3v) is 2.21. The van der Waals surface area contributed by atoms with Crippen LogP contribution in [0, 0.1) is 0 Å². The Morgan fingerprint density at radius 2 is 1.67 bits per heavy atom. The minimum atomic E-state index is -0.786. The van der Waals surface area contributed by atoms with E-state index in [9.17, 15) is 4.79 Å². The molecule has 0 aromatic carbocycles. The minimum Gasteiger partial charge on any atom is -0.481 e. The second kappa shape index (κ2) is 8.24. The van der Waals surface area contributed by atoms with E-state index in [2.05, 4.69) is 0 Å². The van der Waals surface area contributed by atoms with Gasteiger partial charge in [-0.25, -0.2) is 0 Å². The van der Waals surface area contributed by atoms with Gasteiger partial charge in [0.25, 0.3) is 0 Å². The van der Waals surface area contributed by atoms with E-state index in [1.165, 1.54) is 5.57 Å². The zero-order valence-corrected chi connectivity index (χ0v) is 9.49. The van der Waals surface area contributed by atoms with E-state index >= 15 is 0 Å². The summed E-state index contributed by atoms with van der Waals surface area (Å²) in [7, 11) is 0. The molecule has 0 aliphatic heterocycles. The molecule has 0 aromatic rings. The molecule has 0 fully saturated rings. The molecule has 0 bridgehead atoms. The largest absolute Gasteiger partial charge is 0.481 e. The second-order valence-electron chi connectivity index (χ2n) is 3.73. The lowest BCUT2D eigenvalue weighted by atomic mass is 10.1. The number of hydrogen-bond acceptors (Lipinski definition) is 2. The van der Waals surface area contributed by atoms with Gasteiger partial charge in [0.15, 0.2) is 0 Å². The fourth-order valence-corrected chi connectivity index (χ4v) is 1.27. The quantitative estimate of drug-likeness (QED) is 0.637. The Morgan fingerprint density at radius 3 is 2.13 bits per heavy atom. The summed E-state index contributed by atoms with van der Waals surface area (Å²) in [5.74, 6) is -0.786. The lowest BCUT2D eigenvalue weighted by molar-refractivity contribution is -0.136. The summed E-state index contributed by atoms with van der Waals surface area (Å²) < 4.78 is 0. The van der Waals surface area contributed by atoms with E-state index in [0.717, 1.165) is 24.8 Å². The van der Waals surface area contributed by atoms with E-state index < -0.39 is 5.97 Å². The average Bonchev–Trinajstić information content (AvgIpc) is 2.15. The first-order valence-electron chi connectivity index (χ1n) is 5.20. The van der Waals surface area contributed by atoms with Crippen LogP contribution in [0.3, 0.4) is 0 Å². The Labute approximate surface area is 91.1 Å². The van der Waals surface area contributed by atoms with Gasteiger partial charge in [-0.3, -0.25) is 4.79 Å². The van der Waals surface area contributed by atoms with Crippen LogP contribution in [0.1, 0.15) is 39.5 Å². The van der Waals surface area contributed by atoms with Gasteiger partial charge in [0, 0.05) is 0 Å². The Bertz CT molecular complexity index is 252. The van der Waals surface area contributed by atoms with Crippen molar-refractivity contribution in [2.24, 2.45) is 0 Å². The number of aliphatic carboxylic acids is 1. The first-order chi connectivity index (χ1) is 7.06. The summed E-state index contributed by atoms with van der Waals surface area (Å²) in [5.41, 5.74) is 2.30. The predicted octanol–water partition coefficient (Wildman–Crippen LogP) is 2.52. The predicted molar refractivity (Wildman–Crippen MR) is 60.7 cm³/mol. The number of carboxylic acids is 1. The maximum Gasteiger partial charge on any atom is 0.307 e. The molecule has 15 heavy (non-hydrogen) atoms. The normalized spacial score (nSPS) is 13.0. The maximum atomic E-state index is 10.3. The molecule has 0 atom stereocenters. The molecule has 3 heteroatoms. The molecule has 0 saturated heterocycles. The molecular weight excluding hydrogens is 192 g/mol. The molecule has 0 rings (SSSR count). The van der Waals surface area contributed by atoms with Crippen LogP contribution in [0.2, 0.25) is 0 Å². The molecule has 0 amide bonds. The highest BCUT2D eigenvalue weighted by atomic mass is 16.4. The van der Waals surface area contributed by atoms with E-state index in [1.54, 1.807) is 12.2 Å². The number of aliphatic hydroxyl groups excluding tert-OH is 1. The van der Waals surface area contributed by atoms with Gasteiger partial charge in [-0.05, 0) is 33.1 Å². The van der Waals surface area contributed by atoms with Gasteiger partial charge in [-0.1, -0.05) is 23.3 Å². The van der Waals surface area contributed by atoms with Crippen LogP contribution in [-0.2, 0) is 4.79 Å². The Kier molecular flexibility index (Phi) is 7.64. The fraction of sp³-hybridized carbons (Fsp3) is 0.583. The third kappa shape index (κ3) is 9.22. The van der Waals surface area contributed by atoms with Crippen LogP contribution in [-0.4, -0.2) is 22.8 Å². The Balaban J connectivity index is 3.72. The zero-order valence-electron chi connectivity index (χ0n) is 9.49. The van der Waals surface area contributed by atoms with Crippen molar-refractivity contribution < 1.29 is 15.0 Å². The number of carbonyl (C=O) groups is 1. The van der Waals surface area contributed by atoms with Gasteiger partial charge in [-0.2, -0.15) is 0 Å². The second-order valence-corrected chi connectivity index (χ2v) is 3.73. The molecular formula is C12H20O3. The van der Waals surface area contributed by atoms with Crippen LogP contribution in [0.4, 0.5) is 0 Å². The van der Waals surface area contributed by atoms with Gasteiger partial charge in [0.05, 0.1) is 13.0 Å². The van der Waals surface area contributed by atoms with Gasteiger partial charge in [0.1, 0.15) is 0 Å². The topological polar surface area (TPSA) is 57.5 Å². The summed E-state index contributed by atoms with van der Waals surface area (Å²) >= 11 is 0. The lowest BCUT2D eigenvalue weighted by Gasteiger charge is -2.02. The molecule has 0 unspecified atom stereocenters. The minimum absolute atomic E-state index is 0.0969. The highest BCUT2D eigenvalue weighted by Crippen LogP contribution is 2.11. The van der Waals surface area contributed by atoms with Crippen LogP contribution >= 0.6 is 0 Å². The van der Waals surface area contributed by atoms with Gasteiger partial charge in [0.2, 0.25) is 0 Å². The highest BCUT2D eigenvalue weighted by Gasteiger charge is 1.95. The number of rotatable bonds is 7. The molecule has 0 aliphatic rings. The number of allylic oxidation sites excluding steroid dienone is 2. The number of hydrogen-bond donors (Lipinski definition) is 2. The van der Waals surface area contributed by atoms with Crippen molar-refractivity contribution in [1.82, 2.24) is 0 Å². The Hall–Kier alpha value is -1.09. The van der Waals surface area contributed by atoms with E-state index in [1.807, 2.05) is 13.8 Å². The number of aliphatic hydroxyl groups is 1. The molecule has 0 spiro atoms. The summed E-state index contributed by atoms with van der Waals surface area (Å²) in [4.78, 5) is 10.3.